The Morgan fingerprint density at radius 3 is 2.73 bits per heavy atom. The average molecular weight is 374 g/mol. The highest BCUT2D eigenvalue weighted by Gasteiger charge is 2.31. The lowest BCUT2D eigenvalue weighted by molar-refractivity contribution is -0.118. The zero-order valence-corrected chi connectivity index (χ0v) is 15.6. The molecule has 1 aliphatic rings. The fourth-order valence-corrected chi connectivity index (χ4v) is 3.54. The number of carbonyl (C=O) groups is 2. The second kappa shape index (κ2) is 7.38. The van der Waals surface area contributed by atoms with E-state index in [2.05, 4.69) is 5.32 Å². The molecule has 0 saturated heterocycles. The minimum absolute atomic E-state index is 0.00855. The number of Topliss-reactive ketones (excluding diaryl/α,β-unsaturated/α-hetero) is 1. The van der Waals surface area contributed by atoms with E-state index in [9.17, 15) is 9.59 Å². The van der Waals surface area contributed by atoms with Gasteiger partial charge in [-0.2, -0.15) is 0 Å². The Bertz CT molecular complexity index is 878. The van der Waals surface area contributed by atoms with Gasteiger partial charge in [0.25, 0.3) is 5.91 Å². The van der Waals surface area contributed by atoms with E-state index in [4.69, 9.17) is 21.1 Å². The number of amides is 1. The number of ketones is 1. The highest BCUT2D eigenvalue weighted by Crippen LogP contribution is 2.42. The summed E-state index contributed by atoms with van der Waals surface area (Å²) in [5, 5.41) is 3.33. The van der Waals surface area contributed by atoms with Gasteiger partial charge in [0.05, 0.1) is 18.4 Å². The van der Waals surface area contributed by atoms with Crippen LogP contribution in [0, 0.1) is 6.92 Å². The molecule has 1 N–H and O–H groups in total. The Labute approximate surface area is 157 Å². The largest absolute Gasteiger partial charge is 0.495 e. The summed E-state index contributed by atoms with van der Waals surface area (Å²) in [6, 6.07) is 8.85. The molecule has 0 spiro atoms. The lowest BCUT2D eigenvalue weighted by Gasteiger charge is -2.14. The van der Waals surface area contributed by atoms with Crippen molar-refractivity contribution in [1.29, 1.82) is 0 Å². The lowest BCUT2D eigenvalue weighted by Crippen LogP contribution is -2.21. The molecule has 0 aliphatic heterocycles. The number of fused-ring (bicyclic) bond motifs is 1. The van der Waals surface area contributed by atoms with Crippen molar-refractivity contribution in [2.75, 3.05) is 19.0 Å². The zero-order chi connectivity index (χ0) is 18.8. The van der Waals surface area contributed by atoms with E-state index >= 15 is 0 Å². The molecule has 6 heteroatoms. The molecule has 1 amide bonds. The van der Waals surface area contributed by atoms with Crippen LogP contribution in [0.2, 0.25) is 5.02 Å². The number of hydrogen-bond donors (Lipinski definition) is 1. The maximum Gasteiger partial charge on any atom is 0.262 e. The van der Waals surface area contributed by atoms with Crippen molar-refractivity contribution in [3.05, 3.63) is 52.0 Å². The number of anilines is 1. The topological polar surface area (TPSA) is 64.6 Å². The van der Waals surface area contributed by atoms with Gasteiger partial charge < -0.3 is 14.8 Å². The number of nitrogens with one attached hydrogen (secondary N) is 1. The molecule has 5 nitrogen and oxygen atoms in total. The molecule has 0 radical (unpaired) electrons. The predicted molar refractivity (Wildman–Crippen MR) is 101 cm³/mol. The number of carbonyl (C=O) groups excluding carboxylic acids is 2. The number of ether oxygens (including phenoxy) is 2. The standard InChI is InChI=1S/C20H20ClNO4/c1-11-4-6-16(25-3)14(8-11)22-18(24)10-26-17-7-5-13(21)19-12(2)9-15(23)20(17)19/h4-8,12H,9-10H2,1-3H3,(H,22,24). The number of benzene rings is 2. The van der Waals surface area contributed by atoms with Gasteiger partial charge in [-0.1, -0.05) is 24.6 Å². The normalized spacial score (nSPS) is 15.5. The highest BCUT2D eigenvalue weighted by atomic mass is 35.5. The van der Waals surface area contributed by atoms with Gasteiger partial charge in [-0.15, -0.1) is 0 Å². The Hall–Kier alpha value is -2.53. The van der Waals surface area contributed by atoms with Gasteiger partial charge in [-0.25, -0.2) is 0 Å². The molecular weight excluding hydrogens is 354 g/mol. The van der Waals surface area contributed by atoms with Gasteiger partial charge in [0.1, 0.15) is 11.5 Å². The van der Waals surface area contributed by atoms with Crippen LogP contribution in [0.25, 0.3) is 0 Å². The molecule has 2 aromatic rings. The number of halogens is 1. The van der Waals surface area contributed by atoms with E-state index in [-0.39, 0.29) is 24.2 Å². The number of hydrogen-bond acceptors (Lipinski definition) is 4. The number of aryl methyl sites for hydroxylation is 1. The van der Waals surface area contributed by atoms with Crippen LogP contribution < -0.4 is 14.8 Å². The van der Waals surface area contributed by atoms with Crippen molar-refractivity contribution in [3.63, 3.8) is 0 Å². The molecule has 1 unspecified atom stereocenters. The van der Waals surface area contributed by atoms with Gasteiger partial charge in [0.2, 0.25) is 0 Å². The third kappa shape index (κ3) is 3.53. The van der Waals surface area contributed by atoms with Gasteiger partial charge in [0, 0.05) is 11.4 Å². The molecule has 0 fully saturated rings. The number of methoxy groups -OCH3 is 1. The molecule has 0 saturated carbocycles. The van der Waals surface area contributed by atoms with Crippen molar-refractivity contribution in [3.8, 4) is 11.5 Å². The van der Waals surface area contributed by atoms with Crippen LogP contribution in [0.15, 0.2) is 30.3 Å². The lowest BCUT2D eigenvalue weighted by atomic mass is 10.0. The van der Waals surface area contributed by atoms with Gasteiger partial charge in [-0.3, -0.25) is 9.59 Å². The van der Waals surface area contributed by atoms with Crippen LogP contribution >= 0.6 is 11.6 Å². The first-order valence-corrected chi connectivity index (χ1v) is 8.71. The molecule has 136 valence electrons. The first kappa shape index (κ1) is 18.3. The van der Waals surface area contributed by atoms with Crippen molar-refractivity contribution >= 4 is 29.0 Å². The first-order valence-electron chi connectivity index (χ1n) is 8.33. The molecule has 0 heterocycles. The summed E-state index contributed by atoms with van der Waals surface area (Å²) in [4.78, 5) is 24.5. The minimum Gasteiger partial charge on any atom is -0.495 e. The van der Waals surface area contributed by atoms with Crippen molar-refractivity contribution in [2.24, 2.45) is 0 Å². The third-order valence-corrected chi connectivity index (χ3v) is 4.73. The summed E-state index contributed by atoms with van der Waals surface area (Å²) in [6.07, 6.45) is 0.405. The third-order valence-electron chi connectivity index (χ3n) is 4.41. The van der Waals surface area contributed by atoms with E-state index in [1.54, 1.807) is 25.3 Å². The summed E-state index contributed by atoms with van der Waals surface area (Å²) < 4.78 is 10.9. The Kier molecular flexibility index (Phi) is 5.18. The molecule has 2 aromatic carbocycles. The van der Waals surface area contributed by atoms with Crippen LogP contribution in [-0.4, -0.2) is 25.4 Å². The molecule has 3 rings (SSSR count). The molecular formula is C20H20ClNO4. The smallest absolute Gasteiger partial charge is 0.262 e. The van der Waals surface area contributed by atoms with Crippen LogP contribution in [0.5, 0.6) is 11.5 Å². The highest BCUT2D eigenvalue weighted by molar-refractivity contribution is 6.32. The Morgan fingerprint density at radius 2 is 2.00 bits per heavy atom. The second-order valence-electron chi connectivity index (χ2n) is 6.40. The molecule has 0 bridgehead atoms. The summed E-state index contributed by atoms with van der Waals surface area (Å²) in [5.41, 5.74) is 2.87. The summed E-state index contributed by atoms with van der Waals surface area (Å²) in [7, 11) is 1.54. The van der Waals surface area contributed by atoms with Crippen molar-refractivity contribution in [1.82, 2.24) is 0 Å². The van der Waals surface area contributed by atoms with Crippen LogP contribution in [0.1, 0.15) is 40.7 Å². The number of rotatable bonds is 5. The monoisotopic (exact) mass is 373 g/mol. The molecule has 1 atom stereocenters. The van der Waals surface area contributed by atoms with Crippen LogP contribution in [0.4, 0.5) is 5.69 Å². The first-order chi connectivity index (χ1) is 12.4. The van der Waals surface area contributed by atoms with Gasteiger partial charge >= 0.3 is 0 Å². The van der Waals surface area contributed by atoms with Crippen molar-refractivity contribution in [2.45, 2.75) is 26.2 Å². The molecule has 1 aliphatic carbocycles. The fourth-order valence-electron chi connectivity index (χ4n) is 3.20. The van der Waals surface area contributed by atoms with E-state index in [1.807, 2.05) is 26.0 Å². The van der Waals surface area contributed by atoms with Crippen LogP contribution in [-0.2, 0) is 4.79 Å². The van der Waals surface area contributed by atoms with E-state index in [0.717, 1.165) is 11.1 Å². The maximum absolute atomic E-state index is 12.3. The molecule has 0 aromatic heterocycles. The van der Waals surface area contributed by atoms with Gasteiger partial charge in [-0.05, 0) is 48.2 Å². The summed E-state index contributed by atoms with van der Waals surface area (Å²) in [6.45, 7) is 3.67. The predicted octanol–water partition coefficient (Wildman–Crippen LogP) is 4.36. The average Bonchev–Trinajstić information content (AvgIpc) is 2.90. The Balaban J connectivity index is 1.74. The second-order valence-corrected chi connectivity index (χ2v) is 6.81. The van der Waals surface area contributed by atoms with Crippen molar-refractivity contribution < 1.29 is 19.1 Å². The van der Waals surface area contributed by atoms with Crippen LogP contribution in [0.3, 0.4) is 0 Å². The van der Waals surface area contributed by atoms with Gasteiger partial charge in [0.15, 0.2) is 12.4 Å². The zero-order valence-electron chi connectivity index (χ0n) is 14.9. The van der Waals surface area contributed by atoms with E-state index in [0.29, 0.717) is 34.2 Å². The fraction of sp³-hybridized carbons (Fsp3) is 0.300. The quantitative estimate of drug-likeness (QED) is 0.845. The summed E-state index contributed by atoms with van der Waals surface area (Å²) in [5.74, 6) is 0.672. The maximum atomic E-state index is 12.3. The van der Waals surface area contributed by atoms with E-state index < -0.39 is 0 Å². The molecule has 26 heavy (non-hydrogen) atoms. The van der Waals surface area contributed by atoms with E-state index in [1.165, 1.54) is 0 Å². The summed E-state index contributed by atoms with van der Waals surface area (Å²) >= 11 is 6.22. The Morgan fingerprint density at radius 1 is 1.27 bits per heavy atom. The SMILES string of the molecule is COc1ccc(C)cc1NC(=O)COc1ccc(Cl)c2c1C(=O)CC2C. The minimum atomic E-state index is -0.337.